The normalized spacial score (nSPS) is 11.7. The van der Waals surface area contributed by atoms with E-state index in [0.29, 0.717) is 11.7 Å². The van der Waals surface area contributed by atoms with Crippen molar-refractivity contribution in [3.8, 4) is 11.4 Å². The minimum Gasteiger partial charge on any atom is -0.452 e. The van der Waals surface area contributed by atoms with Gasteiger partial charge in [0, 0.05) is 10.9 Å². The van der Waals surface area contributed by atoms with Crippen LogP contribution in [0.1, 0.15) is 41.6 Å². The summed E-state index contributed by atoms with van der Waals surface area (Å²) in [5.74, 6) is 0.241. The van der Waals surface area contributed by atoms with Gasteiger partial charge in [-0.05, 0) is 17.5 Å². The van der Waals surface area contributed by atoms with E-state index in [1.807, 2.05) is 24.3 Å². The van der Waals surface area contributed by atoms with Crippen molar-refractivity contribution in [1.29, 1.82) is 0 Å². The molecule has 0 aliphatic rings. The van der Waals surface area contributed by atoms with Crippen molar-refractivity contribution in [1.82, 2.24) is 10.1 Å². The van der Waals surface area contributed by atoms with E-state index in [1.165, 1.54) is 10.9 Å². The number of carbonyl (C=O) groups is 1. The third-order valence-electron chi connectivity index (χ3n) is 3.72. The summed E-state index contributed by atoms with van der Waals surface area (Å²) >= 11 is 0.846. The molecule has 3 aromatic rings. The van der Waals surface area contributed by atoms with Gasteiger partial charge in [-0.1, -0.05) is 43.3 Å². The van der Waals surface area contributed by atoms with Crippen molar-refractivity contribution in [3.63, 3.8) is 0 Å². The maximum absolute atomic E-state index is 12.0. The number of aromatic nitrogens is 2. The molecular weight excluding hydrogens is 390 g/mol. The van der Waals surface area contributed by atoms with E-state index in [-0.39, 0.29) is 22.3 Å². The second kappa shape index (κ2) is 7.59. The molecule has 0 saturated heterocycles. The Kier molecular flexibility index (Phi) is 5.40. The number of sulfonamides is 1. The van der Waals surface area contributed by atoms with Crippen LogP contribution in [0.3, 0.4) is 0 Å². The maximum atomic E-state index is 12.0. The molecule has 0 atom stereocenters. The molecule has 0 bridgehead atoms. The number of nitrogens with zero attached hydrogens (tertiary/aromatic N) is 2. The van der Waals surface area contributed by atoms with Crippen molar-refractivity contribution >= 4 is 27.3 Å². The highest BCUT2D eigenvalue weighted by atomic mass is 32.2. The van der Waals surface area contributed by atoms with Gasteiger partial charge in [0.25, 0.3) is 5.89 Å². The molecule has 0 unspecified atom stereocenters. The van der Waals surface area contributed by atoms with Crippen LogP contribution in [-0.2, 0) is 21.4 Å². The van der Waals surface area contributed by atoms with Crippen LogP contribution >= 0.6 is 11.3 Å². The molecule has 3 rings (SSSR count). The zero-order valence-corrected chi connectivity index (χ0v) is 16.2. The minimum absolute atomic E-state index is 0.0908. The first kappa shape index (κ1) is 19.2. The molecule has 0 radical (unpaired) electrons. The molecule has 8 nitrogen and oxygen atoms in total. The number of esters is 1. The Morgan fingerprint density at radius 2 is 2.00 bits per heavy atom. The predicted molar refractivity (Wildman–Crippen MR) is 98.6 cm³/mol. The molecule has 0 amide bonds. The smallest absolute Gasteiger partial charge is 0.339 e. The highest BCUT2D eigenvalue weighted by molar-refractivity contribution is 7.91. The summed E-state index contributed by atoms with van der Waals surface area (Å²) in [6, 6.07) is 8.95. The number of thiophene rings is 1. The summed E-state index contributed by atoms with van der Waals surface area (Å²) in [6.07, 6.45) is 0. The van der Waals surface area contributed by atoms with Crippen LogP contribution in [0.25, 0.3) is 11.4 Å². The Hall–Kier alpha value is -2.56. The number of hydrogen-bond donors (Lipinski definition) is 1. The van der Waals surface area contributed by atoms with Crippen LogP contribution in [0.2, 0.25) is 0 Å². The zero-order valence-electron chi connectivity index (χ0n) is 14.6. The molecule has 1 aromatic carbocycles. The molecular formula is C17H17N3O5S2. The first-order chi connectivity index (χ1) is 12.7. The van der Waals surface area contributed by atoms with Crippen LogP contribution in [0.15, 0.2) is 44.4 Å². The van der Waals surface area contributed by atoms with E-state index < -0.39 is 16.0 Å². The minimum atomic E-state index is -3.85. The number of benzene rings is 1. The van der Waals surface area contributed by atoms with E-state index >= 15 is 0 Å². The molecule has 142 valence electrons. The summed E-state index contributed by atoms with van der Waals surface area (Å²) in [7, 11) is -3.85. The monoisotopic (exact) mass is 407 g/mol. The third-order valence-corrected chi connectivity index (χ3v) is 6.11. The second-order valence-electron chi connectivity index (χ2n) is 6.06. The molecule has 27 heavy (non-hydrogen) atoms. The van der Waals surface area contributed by atoms with Gasteiger partial charge in [-0.15, -0.1) is 11.3 Å². The summed E-state index contributed by atoms with van der Waals surface area (Å²) < 4.78 is 32.5. The first-order valence-electron chi connectivity index (χ1n) is 7.95. The van der Waals surface area contributed by atoms with Crippen LogP contribution < -0.4 is 5.14 Å². The molecule has 2 heterocycles. The van der Waals surface area contributed by atoms with Crippen molar-refractivity contribution < 1.29 is 22.5 Å². The van der Waals surface area contributed by atoms with Crippen molar-refractivity contribution in [2.75, 3.05) is 0 Å². The molecule has 0 aliphatic carbocycles. The van der Waals surface area contributed by atoms with Gasteiger partial charge >= 0.3 is 5.97 Å². The van der Waals surface area contributed by atoms with Crippen molar-refractivity contribution in [3.05, 3.63) is 52.7 Å². The van der Waals surface area contributed by atoms with E-state index in [0.717, 1.165) is 23.0 Å². The molecule has 10 heteroatoms. The Balaban J connectivity index is 1.64. The summed E-state index contributed by atoms with van der Waals surface area (Å²) in [5, 5.41) is 10.3. The van der Waals surface area contributed by atoms with Gasteiger partial charge in [0.15, 0.2) is 6.61 Å². The number of primary sulfonamides is 1. The third kappa shape index (κ3) is 4.59. The number of carbonyl (C=O) groups excluding carboxylic acids is 1. The van der Waals surface area contributed by atoms with E-state index in [9.17, 15) is 13.2 Å². The fourth-order valence-electron chi connectivity index (χ4n) is 2.23. The summed E-state index contributed by atoms with van der Waals surface area (Å²) in [5.41, 5.74) is 2.08. The second-order valence-corrected chi connectivity index (χ2v) is 8.76. The molecule has 2 aromatic heterocycles. The average molecular weight is 407 g/mol. The van der Waals surface area contributed by atoms with Gasteiger partial charge in [0.1, 0.15) is 4.21 Å². The number of ether oxygens (including phenoxy) is 1. The Labute approximate surface area is 160 Å². The maximum Gasteiger partial charge on any atom is 0.339 e. The summed E-state index contributed by atoms with van der Waals surface area (Å²) in [4.78, 5) is 16.2. The largest absolute Gasteiger partial charge is 0.452 e. The predicted octanol–water partition coefficient (Wildman–Crippen LogP) is 2.93. The number of rotatable bonds is 6. The zero-order chi connectivity index (χ0) is 19.6. The molecule has 2 N–H and O–H groups in total. The quantitative estimate of drug-likeness (QED) is 0.623. The molecule has 0 spiro atoms. The van der Waals surface area contributed by atoms with E-state index in [2.05, 4.69) is 24.0 Å². The van der Waals surface area contributed by atoms with Crippen LogP contribution in [-0.4, -0.2) is 24.5 Å². The van der Waals surface area contributed by atoms with Gasteiger partial charge in [0.05, 0.1) is 5.56 Å². The topological polar surface area (TPSA) is 125 Å². The lowest BCUT2D eigenvalue weighted by Gasteiger charge is -2.04. The summed E-state index contributed by atoms with van der Waals surface area (Å²) in [6.45, 7) is 3.99. The molecule has 0 saturated carbocycles. The lowest BCUT2D eigenvalue weighted by atomic mass is 10.0. The van der Waals surface area contributed by atoms with Gasteiger partial charge in [-0.3, -0.25) is 0 Å². The van der Waals surface area contributed by atoms with Crippen molar-refractivity contribution in [2.45, 2.75) is 30.6 Å². The van der Waals surface area contributed by atoms with Gasteiger partial charge in [-0.2, -0.15) is 4.98 Å². The average Bonchev–Trinajstić information content (AvgIpc) is 3.29. The van der Waals surface area contributed by atoms with Crippen LogP contribution in [0.5, 0.6) is 0 Å². The Morgan fingerprint density at radius 3 is 2.59 bits per heavy atom. The molecule has 0 fully saturated rings. The Morgan fingerprint density at radius 1 is 1.30 bits per heavy atom. The van der Waals surface area contributed by atoms with Crippen LogP contribution in [0, 0.1) is 0 Å². The highest BCUT2D eigenvalue weighted by Gasteiger charge is 2.17. The first-order valence-corrected chi connectivity index (χ1v) is 10.4. The fraction of sp³-hybridized carbons (Fsp3) is 0.235. The Bertz CT molecular complexity index is 1050. The number of nitrogens with two attached hydrogens (primary N) is 1. The van der Waals surface area contributed by atoms with E-state index in [4.69, 9.17) is 14.4 Å². The highest BCUT2D eigenvalue weighted by Crippen LogP contribution is 2.22. The van der Waals surface area contributed by atoms with Gasteiger partial charge in [-0.25, -0.2) is 18.4 Å². The van der Waals surface area contributed by atoms with Gasteiger partial charge < -0.3 is 9.26 Å². The SMILES string of the molecule is CC(C)c1ccc(-c2noc(COC(=O)c3csc(S(N)(=O)=O)c3)n2)cc1. The van der Waals surface area contributed by atoms with Crippen molar-refractivity contribution in [2.24, 2.45) is 5.14 Å². The van der Waals surface area contributed by atoms with Gasteiger partial charge in [0.2, 0.25) is 15.8 Å². The lowest BCUT2D eigenvalue weighted by molar-refractivity contribution is 0.0430. The molecule has 0 aliphatic heterocycles. The standard InChI is InChI=1S/C17H17N3O5S2/c1-10(2)11-3-5-12(6-4-11)16-19-14(25-20-16)8-24-17(21)13-7-15(26-9-13)27(18,22)23/h3-7,9-10H,8H2,1-2H3,(H2,18,22,23). The van der Waals surface area contributed by atoms with Crippen LogP contribution in [0.4, 0.5) is 0 Å². The number of hydrogen-bond acceptors (Lipinski definition) is 8. The fourth-order valence-corrected chi connectivity index (χ4v) is 3.81. The lowest BCUT2D eigenvalue weighted by Crippen LogP contribution is -2.10. The van der Waals surface area contributed by atoms with E-state index in [1.54, 1.807) is 0 Å².